The number of halogens is 3. The Balaban J connectivity index is 3.91. The summed E-state index contributed by atoms with van der Waals surface area (Å²) in [5, 5.41) is 0. The Hall–Kier alpha value is -0.740. The summed E-state index contributed by atoms with van der Waals surface area (Å²) in [4.78, 5) is 11.2. The third-order valence-electron chi connectivity index (χ3n) is 2.92. The first-order chi connectivity index (χ1) is 8.40. The smallest absolute Gasteiger partial charge is 0.389 e. The highest BCUT2D eigenvalue weighted by Crippen LogP contribution is 2.28. The van der Waals surface area contributed by atoms with E-state index < -0.39 is 24.5 Å². The summed E-state index contributed by atoms with van der Waals surface area (Å²) in [7, 11) is 1.13. The van der Waals surface area contributed by atoms with Gasteiger partial charge in [-0.1, -0.05) is 45.4 Å². The molecule has 0 aromatic rings. The molecule has 0 aliphatic carbocycles. The number of carbonyl (C=O) groups is 1. The van der Waals surface area contributed by atoms with Crippen molar-refractivity contribution in [3.05, 3.63) is 0 Å². The fourth-order valence-electron chi connectivity index (χ4n) is 1.92. The lowest BCUT2D eigenvalue weighted by atomic mass is 9.97. The molecular formula is C13H23F3O2. The molecule has 0 bridgehead atoms. The summed E-state index contributed by atoms with van der Waals surface area (Å²) in [5.74, 6) is -1.79. The van der Waals surface area contributed by atoms with Crippen LogP contribution in [0.2, 0.25) is 0 Å². The number of ether oxygens (including phenoxy) is 1. The average Bonchev–Trinajstić information content (AvgIpc) is 2.29. The summed E-state index contributed by atoms with van der Waals surface area (Å²) in [6.45, 7) is 2.11. The molecule has 0 N–H and O–H groups in total. The highest BCUT2D eigenvalue weighted by Gasteiger charge is 2.35. The van der Waals surface area contributed by atoms with Gasteiger partial charge < -0.3 is 4.74 Å². The van der Waals surface area contributed by atoms with Gasteiger partial charge >= 0.3 is 12.1 Å². The lowest BCUT2D eigenvalue weighted by Gasteiger charge is -2.16. The highest BCUT2D eigenvalue weighted by atomic mass is 19.4. The van der Waals surface area contributed by atoms with E-state index in [1.165, 1.54) is 0 Å². The molecule has 0 radical (unpaired) electrons. The fourth-order valence-corrected chi connectivity index (χ4v) is 1.92. The van der Waals surface area contributed by atoms with Crippen LogP contribution < -0.4 is 0 Å². The molecule has 0 rings (SSSR count). The monoisotopic (exact) mass is 268 g/mol. The highest BCUT2D eigenvalue weighted by molar-refractivity contribution is 5.72. The minimum absolute atomic E-state index is 0.262. The Bertz CT molecular complexity index is 227. The van der Waals surface area contributed by atoms with E-state index in [1.807, 2.05) is 0 Å². The zero-order chi connectivity index (χ0) is 14.0. The maximum atomic E-state index is 12.3. The van der Waals surface area contributed by atoms with Crippen LogP contribution in [0.15, 0.2) is 0 Å². The molecule has 18 heavy (non-hydrogen) atoms. The van der Waals surface area contributed by atoms with Gasteiger partial charge in [0, 0.05) is 0 Å². The van der Waals surface area contributed by atoms with Crippen molar-refractivity contribution < 1.29 is 22.7 Å². The second-order valence-electron chi connectivity index (χ2n) is 4.60. The molecule has 0 aromatic heterocycles. The first-order valence-corrected chi connectivity index (χ1v) is 6.55. The van der Waals surface area contributed by atoms with E-state index in [0.717, 1.165) is 39.2 Å². The summed E-state index contributed by atoms with van der Waals surface area (Å²) in [5.41, 5.74) is 0. The lowest BCUT2D eigenvalue weighted by molar-refractivity contribution is -0.166. The van der Waals surface area contributed by atoms with Crippen LogP contribution in [0.3, 0.4) is 0 Å². The summed E-state index contributed by atoms with van der Waals surface area (Å²) < 4.78 is 41.2. The largest absolute Gasteiger partial charge is 0.469 e. The Kier molecular flexibility index (Phi) is 8.85. The van der Waals surface area contributed by atoms with Crippen LogP contribution in [0, 0.1) is 5.92 Å². The lowest BCUT2D eigenvalue weighted by Crippen LogP contribution is -2.23. The molecule has 0 spiro atoms. The first kappa shape index (κ1) is 17.3. The first-order valence-electron chi connectivity index (χ1n) is 6.55. The Morgan fingerprint density at radius 1 is 1.11 bits per heavy atom. The van der Waals surface area contributed by atoms with Gasteiger partial charge in [0.25, 0.3) is 0 Å². The van der Waals surface area contributed by atoms with Gasteiger partial charge in [-0.25, -0.2) is 0 Å². The zero-order valence-corrected chi connectivity index (χ0v) is 11.2. The molecule has 0 saturated heterocycles. The van der Waals surface area contributed by atoms with Gasteiger partial charge in [0.1, 0.15) is 0 Å². The number of methoxy groups -OCH3 is 1. The SMILES string of the molecule is CCCCCCCCC(CC(F)(F)F)C(=O)OC. The van der Waals surface area contributed by atoms with Crippen LogP contribution in [0.4, 0.5) is 13.2 Å². The second-order valence-corrected chi connectivity index (χ2v) is 4.60. The second kappa shape index (κ2) is 9.22. The van der Waals surface area contributed by atoms with E-state index in [9.17, 15) is 18.0 Å². The van der Waals surface area contributed by atoms with Crippen LogP contribution in [0.5, 0.6) is 0 Å². The van der Waals surface area contributed by atoms with Crippen LogP contribution in [0.25, 0.3) is 0 Å². The van der Waals surface area contributed by atoms with E-state index >= 15 is 0 Å². The van der Waals surface area contributed by atoms with Gasteiger partial charge in [0.2, 0.25) is 0 Å². The van der Waals surface area contributed by atoms with Gasteiger partial charge in [0.05, 0.1) is 19.4 Å². The predicted octanol–water partition coefficient (Wildman–Crippen LogP) is 4.48. The van der Waals surface area contributed by atoms with Crippen LogP contribution in [-0.4, -0.2) is 19.3 Å². The van der Waals surface area contributed by atoms with Gasteiger partial charge in [-0.3, -0.25) is 4.79 Å². The summed E-state index contributed by atoms with van der Waals surface area (Å²) in [6, 6.07) is 0. The molecular weight excluding hydrogens is 245 g/mol. The number of hydrogen-bond donors (Lipinski definition) is 0. The standard InChI is InChI=1S/C13H23F3O2/c1-3-4-5-6-7-8-9-11(12(17)18-2)10-13(14,15)16/h11H,3-10H2,1-2H3. The molecule has 0 aromatic carbocycles. The van der Waals surface area contributed by atoms with Crippen molar-refractivity contribution in [2.24, 2.45) is 5.92 Å². The van der Waals surface area contributed by atoms with Crippen molar-refractivity contribution in [2.45, 2.75) is 64.5 Å². The van der Waals surface area contributed by atoms with Gasteiger partial charge in [-0.2, -0.15) is 13.2 Å². The zero-order valence-electron chi connectivity index (χ0n) is 11.2. The molecule has 2 nitrogen and oxygen atoms in total. The number of esters is 1. The van der Waals surface area contributed by atoms with Crippen LogP contribution >= 0.6 is 0 Å². The molecule has 0 heterocycles. The van der Waals surface area contributed by atoms with Gasteiger partial charge in [-0.05, 0) is 6.42 Å². The van der Waals surface area contributed by atoms with E-state index in [1.54, 1.807) is 0 Å². The topological polar surface area (TPSA) is 26.3 Å². The fraction of sp³-hybridized carbons (Fsp3) is 0.923. The molecule has 0 fully saturated rings. The minimum atomic E-state index is -4.30. The Labute approximate surface area is 107 Å². The van der Waals surface area contributed by atoms with Gasteiger partial charge in [-0.15, -0.1) is 0 Å². The van der Waals surface area contributed by atoms with Crippen molar-refractivity contribution in [3.63, 3.8) is 0 Å². The average molecular weight is 268 g/mol. The Morgan fingerprint density at radius 3 is 2.17 bits per heavy atom. The van der Waals surface area contributed by atoms with Crippen LogP contribution in [0.1, 0.15) is 58.3 Å². The van der Waals surface area contributed by atoms with E-state index in [2.05, 4.69) is 11.7 Å². The molecule has 0 amide bonds. The maximum Gasteiger partial charge on any atom is 0.389 e. The number of alkyl halides is 3. The molecule has 0 aliphatic heterocycles. The Morgan fingerprint density at radius 2 is 1.67 bits per heavy atom. The van der Waals surface area contributed by atoms with E-state index in [0.29, 0.717) is 6.42 Å². The molecule has 108 valence electrons. The number of carbonyl (C=O) groups excluding carboxylic acids is 1. The van der Waals surface area contributed by atoms with Crippen molar-refractivity contribution in [1.29, 1.82) is 0 Å². The third-order valence-corrected chi connectivity index (χ3v) is 2.92. The maximum absolute atomic E-state index is 12.3. The van der Waals surface area contributed by atoms with Crippen molar-refractivity contribution in [2.75, 3.05) is 7.11 Å². The third kappa shape index (κ3) is 9.31. The summed E-state index contributed by atoms with van der Waals surface area (Å²) >= 11 is 0. The van der Waals surface area contributed by atoms with E-state index in [-0.39, 0.29) is 6.42 Å². The predicted molar refractivity (Wildman–Crippen MR) is 64.2 cm³/mol. The molecule has 1 atom stereocenters. The van der Waals surface area contributed by atoms with Crippen LogP contribution in [-0.2, 0) is 9.53 Å². The quantitative estimate of drug-likeness (QED) is 0.455. The molecule has 0 saturated carbocycles. The molecule has 5 heteroatoms. The number of hydrogen-bond acceptors (Lipinski definition) is 2. The minimum Gasteiger partial charge on any atom is -0.469 e. The van der Waals surface area contributed by atoms with Gasteiger partial charge in [0.15, 0.2) is 0 Å². The normalized spacial score (nSPS) is 13.4. The number of unbranched alkanes of at least 4 members (excludes halogenated alkanes) is 5. The molecule has 1 unspecified atom stereocenters. The van der Waals surface area contributed by atoms with E-state index in [4.69, 9.17) is 0 Å². The van der Waals surface area contributed by atoms with Crippen molar-refractivity contribution >= 4 is 5.97 Å². The summed E-state index contributed by atoms with van der Waals surface area (Å²) in [6.07, 6.45) is 0.840. The van der Waals surface area contributed by atoms with Crippen molar-refractivity contribution in [3.8, 4) is 0 Å². The molecule has 0 aliphatic rings. The van der Waals surface area contributed by atoms with Crippen molar-refractivity contribution in [1.82, 2.24) is 0 Å². The number of rotatable bonds is 9.